The van der Waals surface area contributed by atoms with E-state index < -0.39 is 5.97 Å². The molecular formula is C16H12INO3. The van der Waals surface area contributed by atoms with Crippen molar-refractivity contribution in [2.45, 2.75) is 13.1 Å². The van der Waals surface area contributed by atoms with Crippen molar-refractivity contribution in [1.29, 1.82) is 0 Å². The van der Waals surface area contributed by atoms with Crippen LogP contribution in [0.4, 0.5) is 0 Å². The van der Waals surface area contributed by atoms with E-state index in [0.29, 0.717) is 18.7 Å². The Balaban J connectivity index is 1.82. The second-order valence-electron chi connectivity index (χ2n) is 4.96. The molecule has 1 heterocycles. The van der Waals surface area contributed by atoms with Crippen LogP contribution in [-0.2, 0) is 13.1 Å². The Bertz CT molecular complexity index is 725. The molecule has 5 heteroatoms. The zero-order valence-corrected chi connectivity index (χ0v) is 13.2. The van der Waals surface area contributed by atoms with E-state index in [0.717, 1.165) is 14.7 Å². The maximum absolute atomic E-state index is 12.5. The van der Waals surface area contributed by atoms with Crippen molar-refractivity contribution in [3.05, 3.63) is 68.3 Å². The van der Waals surface area contributed by atoms with Gasteiger partial charge in [-0.2, -0.15) is 0 Å². The van der Waals surface area contributed by atoms with Crippen LogP contribution in [0, 0.1) is 3.57 Å². The number of carbonyl (C=O) groups is 2. The predicted octanol–water partition coefficient (Wildman–Crippen LogP) is 3.15. The van der Waals surface area contributed by atoms with Crippen molar-refractivity contribution < 1.29 is 14.7 Å². The van der Waals surface area contributed by atoms with Gasteiger partial charge in [0.2, 0.25) is 0 Å². The molecule has 1 aliphatic heterocycles. The van der Waals surface area contributed by atoms with Crippen molar-refractivity contribution in [2.24, 2.45) is 0 Å². The number of amides is 1. The smallest absolute Gasteiger partial charge is 0.335 e. The number of carboxylic acids is 1. The van der Waals surface area contributed by atoms with Crippen LogP contribution in [0.25, 0.3) is 0 Å². The Morgan fingerprint density at radius 3 is 2.24 bits per heavy atom. The van der Waals surface area contributed by atoms with E-state index in [9.17, 15) is 9.59 Å². The van der Waals surface area contributed by atoms with Gasteiger partial charge in [-0.1, -0.05) is 6.07 Å². The zero-order valence-electron chi connectivity index (χ0n) is 11.0. The average Bonchev–Trinajstić information content (AvgIpc) is 2.90. The van der Waals surface area contributed by atoms with Crippen LogP contribution in [0.5, 0.6) is 0 Å². The van der Waals surface area contributed by atoms with Crippen molar-refractivity contribution in [3.8, 4) is 0 Å². The molecule has 0 fully saturated rings. The minimum absolute atomic E-state index is 0.0283. The molecular weight excluding hydrogens is 381 g/mol. The molecule has 2 aromatic rings. The maximum Gasteiger partial charge on any atom is 0.335 e. The van der Waals surface area contributed by atoms with Crippen molar-refractivity contribution >= 4 is 34.5 Å². The topological polar surface area (TPSA) is 57.6 Å². The molecule has 21 heavy (non-hydrogen) atoms. The fourth-order valence-electron chi connectivity index (χ4n) is 2.45. The van der Waals surface area contributed by atoms with Gasteiger partial charge in [-0.05, 0) is 70.1 Å². The normalized spacial score (nSPS) is 13.1. The molecule has 3 rings (SSSR count). The summed E-state index contributed by atoms with van der Waals surface area (Å²) in [5, 5.41) is 9.01. The molecule has 1 aliphatic rings. The highest BCUT2D eigenvalue weighted by molar-refractivity contribution is 14.1. The quantitative estimate of drug-likeness (QED) is 0.798. The molecule has 4 nitrogen and oxygen atoms in total. The third-order valence-electron chi connectivity index (χ3n) is 3.55. The summed E-state index contributed by atoms with van der Waals surface area (Å²) in [7, 11) is 0. The molecule has 0 saturated carbocycles. The van der Waals surface area contributed by atoms with Gasteiger partial charge in [0, 0.05) is 22.2 Å². The van der Waals surface area contributed by atoms with Crippen LogP contribution >= 0.6 is 22.6 Å². The summed E-state index contributed by atoms with van der Waals surface area (Å²) < 4.78 is 1.08. The average molecular weight is 393 g/mol. The van der Waals surface area contributed by atoms with Crippen LogP contribution in [0.2, 0.25) is 0 Å². The number of nitrogens with zero attached hydrogens (tertiary/aromatic N) is 1. The molecule has 0 saturated heterocycles. The number of fused-ring (bicyclic) bond motifs is 1. The fourth-order valence-corrected chi connectivity index (χ4v) is 2.81. The highest BCUT2D eigenvalue weighted by Gasteiger charge is 2.25. The standard InChI is InChI=1S/C16H12INO3/c17-14-5-3-10(4-6-14)15(19)18-8-12-2-1-11(16(20)21)7-13(12)9-18/h1-7H,8-9H2,(H,20,21). The minimum Gasteiger partial charge on any atom is -0.478 e. The first-order valence-electron chi connectivity index (χ1n) is 6.44. The second-order valence-corrected chi connectivity index (χ2v) is 6.20. The van der Waals surface area contributed by atoms with E-state index in [4.69, 9.17) is 5.11 Å². The predicted molar refractivity (Wildman–Crippen MR) is 86.1 cm³/mol. The van der Waals surface area contributed by atoms with Gasteiger partial charge in [-0.3, -0.25) is 4.79 Å². The van der Waals surface area contributed by atoms with Crippen molar-refractivity contribution in [2.75, 3.05) is 0 Å². The van der Waals surface area contributed by atoms with Crippen LogP contribution in [-0.4, -0.2) is 21.9 Å². The molecule has 0 bridgehead atoms. The lowest BCUT2D eigenvalue weighted by Crippen LogP contribution is -2.25. The summed E-state index contributed by atoms with van der Waals surface area (Å²) in [6.07, 6.45) is 0. The summed E-state index contributed by atoms with van der Waals surface area (Å²) >= 11 is 2.20. The summed E-state index contributed by atoms with van der Waals surface area (Å²) in [6, 6.07) is 12.5. The Labute approximate surface area is 135 Å². The SMILES string of the molecule is O=C(O)c1ccc2c(c1)CN(C(=O)c1ccc(I)cc1)C2. The van der Waals surface area contributed by atoms with Crippen LogP contribution < -0.4 is 0 Å². The van der Waals surface area contributed by atoms with E-state index in [-0.39, 0.29) is 11.5 Å². The number of aromatic carboxylic acids is 1. The van der Waals surface area contributed by atoms with Gasteiger partial charge in [0.25, 0.3) is 5.91 Å². The van der Waals surface area contributed by atoms with E-state index in [1.807, 2.05) is 24.3 Å². The molecule has 0 unspecified atom stereocenters. The van der Waals surface area contributed by atoms with Gasteiger partial charge < -0.3 is 10.0 Å². The molecule has 0 radical (unpaired) electrons. The Hall–Kier alpha value is -1.89. The minimum atomic E-state index is -0.944. The molecule has 1 N–H and O–H groups in total. The lowest BCUT2D eigenvalue weighted by atomic mass is 10.1. The molecule has 0 aliphatic carbocycles. The van der Waals surface area contributed by atoms with Crippen molar-refractivity contribution in [3.63, 3.8) is 0 Å². The van der Waals surface area contributed by atoms with Crippen LogP contribution in [0.15, 0.2) is 42.5 Å². The summed E-state index contributed by atoms with van der Waals surface area (Å²) in [5.74, 6) is -0.973. The Morgan fingerprint density at radius 2 is 1.57 bits per heavy atom. The van der Waals surface area contributed by atoms with Gasteiger partial charge in [0.1, 0.15) is 0 Å². The number of benzene rings is 2. The third-order valence-corrected chi connectivity index (χ3v) is 4.27. The summed E-state index contributed by atoms with van der Waals surface area (Å²) in [4.78, 5) is 25.2. The fraction of sp³-hybridized carbons (Fsp3) is 0.125. The first-order chi connectivity index (χ1) is 10.0. The molecule has 0 atom stereocenters. The number of rotatable bonds is 2. The van der Waals surface area contributed by atoms with Crippen LogP contribution in [0.3, 0.4) is 0 Å². The number of carbonyl (C=O) groups excluding carboxylic acids is 1. The van der Waals surface area contributed by atoms with Crippen molar-refractivity contribution in [1.82, 2.24) is 4.90 Å². The molecule has 0 spiro atoms. The highest BCUT2D eigenvalue weighted by atomic mass is 127. The lowest BCUT2D eigenvalue weighted by molar-refractivity contribution is 0.0696. The summed E-state index contributed by atoms with van der Waals surface area (Å²) in [6.45, 7) is 0.987. The molecule has 106 valence electrons. The Kier molecular flexibility index (Phi) is 3.67. The first kappa shape index (κ1) is 14.1. The zero-order chi connectivity index (χ0) is 15.0. The number of carboxylic acid groups (broad SMARTS) is 1. The van der Waals surface area contributed by atoms with Gasteiger partial charge >= 0.3 is 5.97 Å². The molecule has 0 aromatic heterocycles. The number of halogens is 1. The molecule has 2 aromatic carbocycles. The van der Waals surface area contributed by atoms with E-state index >= 15 is 0 Å². The second kappa shape index (κ2) is 5.48. The van der Waals surface area contributed by atoms with Gasteiger partial charge in [0.15, 0.2) is 0 Å². The van der Waals surface area contributed by atoms with Gasteiger partial charge in [-0.25, -0.2) is 4.79 Å². The largest absolute Gasteiger partial charge is 0.478 e. The number of hydrogen-bond acceptors (Lipinski definition) is 2. The van der Waals surface area contributed by atoms with Crippen LogP contribution in [0.1, 0.15) is 31.8 Å². The maximum atomic E-state index is 12.5. The van der Waals surface area contributed by atoms with Gasteiger partial charge in [0.05, 0.1) is 5.56 Å². The van der Waals surface area contributed by atoms with E-state index in [2.05, 4.69) is 22.6 Å². The van der Waals surface area contributed by atoms with Gasteiger partial charge in [-0.15, -0.1) is 0 Å². The van der Waals surface area contributed by atoms with E-state index in [1.165, 1.54) is 0 Å². The monoisotopic (exact) mass is 393 g/mol. The Morgan fingerprint density at radius 1 is 0.952 bits per heavy atom. The lowest BCUT2D eigenvalue weighted by Gasteiger charge is -2.15. The first-order valence-corrected chi connectivity index (χ1v) is 7.52. The molecule has 1 amide bonds. The number of hydrogen-bond donors (Lipinski definition) is 1. The third kappa shape index (κ3) is 2.78. The van der Waals surface area contributed by atoms with E-state index in [1.54, 1.807) is 23.1 Å². The highest BCUT2D eigenvalue weighted by Crippen LogP contribution is 2.25. The summed E-state index contributed by atoms with van der Waals surface area (Å²) in [5.41, 5.74) is 2.84.